The number of ether oxygens (including phenoxy) is 2. The molecule has 0 aromatic heterocycles. The lowest BCUT2D eigenvalue weighted by atomic mass is 9.80. The van der Waals surface area contributed by atoms with Crippen LogP contribution < -0.4 is 5.46 Å². The SMILES string of the molecule is Brc1ccc(CN2CCO[C@@H](c3ccccc3)C2)cc1.C.Clc1cccc(-c2ccc(CN3CCO[C@@H](c4ccccc4)C3)cc2)c1Cl.OB(O)c1cccc(Cl)c1Cl. The fraction of sp³-hybridized carbons (Fsp3) is 0.234. The van der Waals surface area contributed by atoms with Gasteiger partial charge in [0.2, 0.25) is 0 Å². The first-order valence-corrected chi connectivity index (χ1v) is 21.3. The van der Waals surface area contributed by atoms with Crippen molar-refractivity contribution >= 4 is 74.9 Å². The summed E-state index contributed by atoms with van der Waals surface area (Å²) in [5.74, 6) is 0. The first kappa shape index (κ1) is 46.8. The topological polar surface area (TPSA) is 65.4 Å². The van der Waals surface area contributed by atoms with E-state index in [-0.39, 0.29) is 30.1 Å². The average molecular weight is 937 g/mol. The molecule has 6 nitrogen and oxygen atoms in total. The molecule has 0 saturated carbocycles. The Kier molecular flexibility index (Phi) is 18.8. The predicted molar refractivity (Wildman–Crippen MR) is 250 cm³/mol. The normalized spacial score (nSPS) is 16.7. The molecule has 2 aliphatic rings. The molecule has 2 N–H and O–H groups in total. The molecule has 0 radical (unpaired) electrons. The van der Waals surface area contributed by atoms with Gasteiger partial charge >= 0.3 is 7.12 Å². The molecule has 0 bridgehead atoms. The van der Waals surface area contributed by atoms with Gasteiger partial charge < -0.3 is 19.5 Å². The standard InChI is InChI=1S/C23H21Cl2NO.C17H18BrNO.C6H5BCl2O2.CH4/c24-21-8-4-7-20(23(21)25)18-11-9-17(10-12-18)15-26-13-14-27-22(16-26)19-5-2-1-3-6-19;18-16-8-6-14(7-9-16)12-19-10-11-20-17(13-19)15-4-2-1-3-5-15;8-5-3-1-2-4(6(5)9)7(10)11;/h1-12,22H,13-16H2;1-9,17H,10-13H2;1-3,10-11H;1H4/t22-;17-;;/m11../s1. The van der Waals surface area contributed by atoms with E-state index in [1.165, 1.54) is 28.3 Å². The molecular weight excluding hydrogens is 889 g/mol. The van der Waals surface area contributed by atoms with E-state index in [1.54, 1.807) is 12.1 Å². The van der Waals surface area contributed by atoms with Crippen LogP contribution in [-0.2, 0) is 22.6 Å². The maximum absolute atomic E-state index is 8.74. The highest BCUT2D eigenvalue weighted by Gasteiger charge is 2.23. The molecule has 59 heavy (non-hydrogen) atoms. The van der Waals surface area contributed by atoms with E-state index < -0.39 is 7.12 Å². The summed E-state index contributed by atoms with van der Waals surface area (Å²) in [5, 5.41) is 19.2. The molecule has 308 valence electrons. The third-order valence-corrected chi connectivity index (χ3v) is 12.0. The van der Waals surface area contributed by atoms with Crippen molar-refractivity contribution < 1.29 is 19.5 Å². The number of nitrogens with zero attached hydrogens (tertiary/aromatic N) is 2. The Balaban J connectivity index is 0.000000182. The third kappa shape index (κ3) is 13.9. The summed E-state index contributed by atoms with van der Waals surface area (Å²) in [6.07, 6.45) is 0.338. The molecule has 0 unspecified atom stereocenters. The zero-order chi connectivity index (χ0) is 40.9. The van der Waals surface area contributed by atoms with E-state index >= 15 is 0 Å². The minimum atomic E-state index is -1.57. The zero-order valence-corrected chi connectivity index (χ0v) is 36.4. The predicted octanol–water partition coefficient (Wildman–Crippen LogP) is 11.6. The molecule has 0 aliphatic carbocycles. The van der Waals surface area contributed by atoms with Gasteiger partial charge in [-0.3, -0.25) is 9.80 Å². The van der Waals surface area contributed by atoms with Crippen molar-refractivity contribution in [2.75, 3.05) is 39.4 Å². The van der Waals surface area contributed by atoms with Crippen LogP contribution in [0, 0.1) is 0 Å². The van der Waals surface area contributed by atoms with E-state index in [2.05, 4.69) is 123 Å². The monoisotopic (exact) mass is 934 g/mol. The van der Waals surface area contributed by atoms with Crippen LogP contribution in [0.2, 0.25) is 20.1 Å². The van der Waals surface area contributed by atoms with Crippen LogP contribution in [-0.4, -0.2) is 66.4 Å². The molecule has 2 atom stereocenters. The van der Waals surface area contributed by atoms with Gasteiger partial charge in [-0.1, -0.05) is 191 Å². The van der Waals surface area contributed by atoms with Crippen LogP contribution in [0.15, 0.2) is 150 Å². The Morgan fingerprint density at radius 3 is 1.49 bits per heavy atom. The van der Waals surface area contributed by atoms with Gasteiger partial charge in [0.25, 0.3) is 0 Å². The summed E-state index contributed by atoms with van der Waals surface area (Å²) in [6.45, 7) is 7.28. The number of halogens is 5. The second kappa shape index (κ2) is 23.7. The Morgan fingerprint density at radius 2 is 1.02 bits per heavy atom. The minimum Gasteiger partial charge on any atom is -0.423 e. The first-order valence-electron chi connectivity index (χ1n) is 19.0. The summed E-state index contributed by atoms with van der Waals surface area (Å²) in [4.78, 5) is 4.91. The highest BCUT2D eigenvalue weighted by atomic mass is 79.9. The Bertz CT molecular complexity index is 2170. The van der Waals surface area contributed by atoms with Crippen LogP contribution in [0.4, 0.5) is 0 Å². The van der Waals surface area contributed by atoms with Crippen molar-refractivity contribution in [1.29, 1.82) is 0 Å². The molecular formula is C47H48BBrCl4N2O4. The maximum atomic E-state index is 8.74. The molecule has 2 heterocycles. The summed E-state index contributed by atoms with van der Waals surface area (Å²) in [6, 6.07) is 48.5. The lowest BCUT2D eigenvalue weighted by Crippen LogP contribution is -2.37. The number of morpholine rings is 2. The van der Waals surface area contributed by atoms with Gasteiger partial charge in [-0.25, -0.2) is 0 Å². The molecule has 2 aliphatic heterocycles. The quantitative estimate of drug-likeness (QED) is 0.148. The lowest BCUT2D eigenvalue weighted by Gasteiger charge is -2.33. The van der Waals surface area contributed by atoms with Gasteiger partial charge in [-0.2, -0.15) is 0 Å². The van der Waals surface area contributed by atoms with Crippen molar-refractivity contribution in [2.24, 2.45) is 0 Å². The van der Waals surface area contributed by atoms with E-state index in [0.717, 1.165) is 68.1 Å². The van der Waals surface area contributed by atoms with Crippen molar-refractivity contribution in [3.8, 4) is 11.1 Å². The van der Waals surface area contributed by atoms with Gasteiger partial charge in [0, 0.05) is 54.8 Å². The summed E-state index contributed by atoms with van der Waals surface area (Å²) in [7, 11) is -1.57. The Morgan fingerprint density at radius 1 is 0.559 bits per heavy atom. The smallest absolute Gasteiger partial charge is 0.423 e. The average Bonchev–Trinajstić information content (AvgIpc) is 3.25. The van der Waals surface area contributed by atoms with Crippen LogP contribution >= 0.6 is 62.3 Å². The third-order valence-electron chi connectivity index (χ3n) is 9.85. The Hall–Kier alpha value is -3.22. The highest BCUT2D eigenvalue weighted by Crippen LogP contribution is 2.34. The second-order valence-electron chi connectivity index (χ2n) is 14.0. The highest BCUT2D eigenvalue weighted by molar-refractivity contribution is 9.10. The van der Waals surface area contributed by atoms with E-state index in [1.807, 2.05) is 30.3 Å². The molecule has 0 spiro atoms. The summed E-state index contributed by atoms with van der Waals surface area (Å²) in [5.41, 5.74) is 7.41. The number of rotatable bonds is 8. The van der Waals surface area contributed by atoms with E-state index in [9.17, 15) is 0 Å². The van der Waals surface area contributed by atoms with Gasteiger partial charge in [0.05, 0.1) is 45.5 Å². The van der Waals surface area contributed by atoms with Gasteiger partial charge in [-0.05, 0) is 52.1 Å². The van der Waals surface area contributed by atoms with Gasteiger partial charge in [0.1, 0.15) is 0 Å². The first-order chi connectivity index (χ1) is 28.1. The van der Waals surface area contributed by atoms with Crippen molar-refractivity contribution in [3.05, 3.63) is 192 Å². The lowest BCUT2D eigenvalue weighted by molar-refractivity contribution is -0.0330. The summed E-state index contributed by atoms with van der Waals surface area (Å²) < 4.78 is 13.0. The fourth-order valence-electron chi connectivity index (χ4n) is 6.77. The van der Waals surface area contributed by atoms with E-state index in [0.29, 0.717) is 15.1 Å². The molecule has 0 amide bonds. The van der Waals surface area contributed by atoms with Crippen molar-refractivity contribution in [3.63, 3.8) is 0 Å². The maximum Gasteiger partial charge on any atom is 0.490 e. The van der Waals surface area contributed by atoms with Crippen LogP contribution in [0.3, 0.4) is 0 Å². The number of hydrogen-bond acceptors (Lipinski definition) is 6. The van der Waals surface area contributed by atoms with Gasteiger partial charge in [-0.15, -0.1) is 0 Å². The summed E-state index contributed by atoms with van der Waals surface area (Å²) >= 11 is 27.2. The van der Waals surface area contributed by atoms with Crippen LogP contribution in [0.5, 0.6) is 0 Å². The molecule has 12 heteroatoms. The molecule has 2 fully saturated rings. The second-order valence-corrected chi connectivity index (χ2v) is 16.4. The minimum absolute atomic E-state index is 0. The van der Waals surface area contributed by atoms with Crippen molar-refractivity contribution in [2.45, 2.75) is 32.7 Å². The molecule has 8 rings (SSSR count). The molecule has 6 aromatic carbocycles. The Labute approximate surface area is 377 Å². The van der Waals surface area contributed by atoms with Crippen molar-refractivity contribution in [1.82, 2.24) is 9.80 Å². The van der Waals surface area contributed by atoms with Crippen LogP contribution in [0.25, 0.3) is 11.1 Å². The molecule has 6 aromatic rings. The fourth-order valence-corrected chi connectivity index (χ4v) is 7.85. The van der Waals surface area contributed by atoms with Crippen LogP contribution in [0.1, 0.15) is 41.9 Å². The number of benzene rings is 6. The zero-order valence-electron chi connectivity index (χ0n) is 31.7. The van der Waals surface area contributed by atoms with Gasteiger partial charge in [0.15, 0.2) is 0 Å². The molecule has 2 saturated heterocycles. The largest absolute Gasteiger partial charge is 0.490 e. The number of hydrogen-bond donors (Lipinski definition) is 2. The van der Waals surface area contributed by atoms with E-state index in [4.69, 9.17) is 65.9 Å².